The molecule has 0 amide bonds. The highest BCUT2D eigenvalue weighted by atomic mass is 79.9. The summed E-state index contributed by atoms with van der Waals surface area (Å²) in [6.45, 7) is 4.62. The van der Waals surface area contributed by atoms with Crippen LogP contribution in [-0.4, -0.2) is 18.6 Å². The number of thioether (sulfide) groups is 1. The Hall–Kier alpha value is -0.130. The molecule has 5 heteroatoms. The summed E-state index contributed by atoms with van der Waals surface area (Å²) in [6, 6.07) is 2.40. The Kier molecular flexibility index (Phi) is 6.60. The van der Waals surface area contributed by atoms with Crippen molar-refractivity contribution < 1.29 is 8.78 Å². The number of hydrogen-bond donors (Lipinski definition) is 1. The molecule has 0 saturated heterocycles. The van der Waals surface area contributed by atoms with E-state index in [1.54, 1.807) is 11.8 Å². The second-order valence-corrected chi connectivity index (χ2v) is 5.99. The first kappa shape index (κ1) is 15.9. The zero-order chi connectivity index (χ0) is 13.7. The molecule has 0 aliphatic rings. The van der Waals surface area contributed by atoms with Crippen LogP contribution in [0.2, 0.25) is 0 Å². The van der Waals surface area contributed by atoms with Crippen molar-refractivity contribution in [3.05, 3.63) is 33.8 Å². The molecule has 0 bridgehead atoms. The van der Waals surface area contributed by atoms with E-state index in [9.17, 15) is 8.78 Å². The molecule has 0 saturated carbocycles. The number of benzene rings is 1. The van der Waals surface area contributed by atoms with Crippen molar-refractivity contribution in [1.29, 1.82) is 0 Å². The van der Waals surface area contributed by atoms with E-state index in [1.165, 1.54) is 12.1 Å². The van der Waals surface area contributed by atoms with Crippen LogP contribution in [0.15, 0.2) is 16.6 Å². The average Bonchev–Trinajstić information content (AvgIpc) is 2.33. The maximum absolute atomic E-state index is 14.1. The van der Waals surface area contributed by atoms with Crippen LogP contribution in [0, 0.1) is 17.6 Å². The van der Waals surface area contributed by atoms with E-state index < -0.39 is 11.6 Å². The Bertz CT molecular complexity index is 401. The van der Waals surface area contributed by atoms with Crippen molar-refractivity contribution in [2.24, 2.45) is 5.92 Å². The highest BCUT2D eigenvalue weighted by Gasteiger charge is 2.25. The molecule has 0 fully saturated rings. The van der Waals surface area contributed by atoms with E-state index >= 15 is 0 Å². The fourth-order valence-corrected chi connectivity index (χ4v) is 3.06. The Labute approximate surface area is 120 Å². The molecule has 0 aromatic heterocycles. The van der Waals surface area contributed by atoms with Crippen molar-refractivity contribution >= 4 is 27.7 Å². The van der Waals surface area contributed by atoms with Crippen molar-refractivity contribution in [3.63, 3.8) is 0 Å². The highest BCUT2D eigenvalue weighted by Crippen LogP contribution is 2.31. The van der Waals surface area contributed by atoms with Crippen LogP contribution in [0.1, 0.15) is 25.5 Å². The molecule has 1 aromatic carbocycles. The zero-order valence-corrected chi connectivity index (χ0v) is 13.2. The predicted octanol–water partition coefficient (Wildman–Crippen LogP) is 4.38. The summed E-state index contributed by atoms with van der Waals surface area (Å²) in [7, 11) is 0. The summed E-state index contributed by atoms with van der Waals surface area (Å²) < 4.78 is 28.3. The Morgan fingerprint density at radius 2 is 2.06 bits per heavy atom. The van der Waals surface area contributed by atoms with Gasteiger partial charge in [-0.2, -0.15) is 11.8 Å². The molecule has 1 aromatic rings. The molecule has 0 aliphatic carbocycles. The van der Waals surface area contributed by atoms with E-state index in [1.807, 2.05) is 20.1 Å². The van der Waals surface area contributed by atoms with Gasteiger partial charge in [-0.3, -0.25) is 0 Å². The second-order valence-electron chi connectivity index (χ2n) is 4.22. The molecule has 2 unspecified atom stereocenters. The molecule has 18 heavy (non-hydrogen) atoms. The van der Waals surface area contributed by atoms with Crippen LogP contribution in [0.4, 0.5) is 8.78 Å². The van der Waals surface area contributed by atoms with Gasteiger partial charge in [-0.1, -0.05) is 13.8 Å². The summed E-state index contributed by atoms with van der Waals surface area (Å²) >= 11 is 4.79. The molecular weight excluding hydrogens is 320 g/mol. The van der Waals surface area contributed by atoms with Crippen LogP contribution in [0.5, 0.6) is 0 Å². The zero-order valence-electron chi connectivity index (χ0n) is 10.8. The first-order valence-electron chi connectivity index (χ1n) is 5.88. The van der Waals surface area contributed by atoms with E-state index in [0.29, 0.717) is 11.0 Å². The minimum atomic E-state index is -0.506. The summed E-state index contributed by atoms with van der Waals surface area (Å²) in [5.41, 5.74) is 0.132. The van der Waals surface area contributed by atoms with Gasteiger partial charge in [0.1, 0.15) is 11.6 Å². The largest absolute Gasteiger partial charge is 0.310 e. The normalized spacial score (nSPS) is 14.6. The molecule has 1 nitrogen and oxygen atoms in total. The van der Waals surface area contributed by atoms with Gasteiger partial charge in [0.2, 0.25) is 0 Å². The number of hydrogen-bond acceptors (Lipinski definition) is 2. The van der Waals surface area contributed by atoms with Crippen molar-refractivity contribution in [1.82, 2.24) is 5.32 Å². The number of halogens is 3. The molecule has 1 N–H and O–H groups in total. The molecule has 2 atom stereocenters. The lowest BCUT2D eigenvalue weighted by Crippen LogP contribution is -2.30. The highest BCUT2D eigenvalue weighted by molar-refractivity contribution is 9.10. The quantitative estimate of drug-likeness (QED) is 0.773. The van der Waals surface area contributed by atoms with Crippen molar-refractivity contribution in [3.8, 4) is 0 Å². The van der Waals surface area contributed by atoms with Gasteiger partial charge in [0, 0.05) is 11.6 Å². The van der Waals surface area contributed by atoms with Crippen LogP contribution in [-0.2, 0) is 0 Å². The summed E-state index contributed by atoms with van der Waals surface area (Å²) in [5.74, 6) is 0.00466. The topological polar surface area (TPSA) is 12.0 Å². The molecular formula is C13H18BrF2NS. The standard InChI is InChI=1S/C13H18BrF2NS/c1-4-17-13(8(2)7-18-3)11-10(15)6-5-9(14)12(11)16/h5-6,8,13,17H,4,7H2,1-3H3. The van der Waals surface area contributed by atoms with Gasteiger partial charge in [0.25, 0.3) is 0 Å². The molecule has 102 valence electrons. The van der Waals surface area contributed by atoms with Gasteiger partial charge in [0.15, 0.2) is 0 Å². The summed E-state index contributed by atoms with van der Waals surface area (Å²) in [4.78, 5) is 0. The maximum atomic E-state index is 14.1. The van der Waals surface area contributed by atoms with Gasteiger partial charge < -0.3 is 5.32 Å². The van der Waals surface area contributed by atoms with Gasteiger partial charge in [0.05, 0.1) is 4.47 Å². The van der Waals surface area contributed by atoms with E-state index in [4.69, 9.17) is 0 Å². The summed E-state index contributed by atoms with van der Waals surface area (Å²) in [6.07, 6.45) is 1.99. The Morgan fingerprint density at radius 1 is 1.39 bits per heavy atom. The Morgan fingerprint density at radius 3 is 2.61 bits per heavy atom. The second kappa shape index (κ2) is 7.46. The molecule has 1 rings (SSSR count). The Balaban J connectivity index is 3.16. The van der Waals surface area contributed by atoms with Crippen LogP contribution in [0.25, 0.3) is 0 Å². The minimum absolute atomic E-state index is 0.132. The van der Waals surface area contributed by atoms with Crippen LogP contribution in [0.3, 0.4) is 0 Å². The van der Waals surface area contributed by atoms with Crippen molar-refractivity contribution in [2.45, 2.75) is 19.9 Å². The molecule has 0 spiro atoms. The van der Waals surface area contributed by atoms with Crippen LogP contribution < -0.4 is 5.32 Å². The third kappa shape index (κ3) is 3.68. The summed E-state index contributed by atoms with van der Waals surface area (Å²) in [5, 5.41) is 3.18. The average molecular weight is 338 g/mol. The third-order valence-electron chi connectivity index (χ3n) is 2.81. The van der Waals surface area contributed by atoms with E-state index in [2.05, 4.69) is 21.2 Å². The predicted molar refractivity (Wildman–Crippen MR) is 78.0 cm³/mol. The lowest BCUT2D eigenvalue weighted by molar-refractivity contribution is 0.391. The third-order valence-corrected chi connectivity index (χ3v) is 4.28. The molecule has 0 heterocycles. The van der Waals surface area contributed by atoms with E-state index in [0.717, 1.165) is 5.75 Å². The number of nitrogens with one attached hydrogen (secondary N) is 1. The fourth-order valence-electron chi connectivity index (χ4n) is 1.99. The monoisotopic (exact) mass is 337 g/mol. The van der Waals surface area contributed by atoms with E-state index in [-0.39, 0.29) is 17.5 Å². The van der Waals surface area contributed by atoms with Gasteiger partial charge in [-0.15, -0.1) is 0 Å². The van der Waals surface area contributed by atoms with Gasteiger partial charge >= 0.3 is 0 Å². The smallest absolute Gasteiger partial charge is 0.145 e. The SMILES string of the molecule is CCNC(c1c(F)ccc(Br)c1F)C(C)CSC. The first-order chi connectivity index (χ1) is 8.52. The molecule has 0 radical (unpaired) electrons. The van der Waals surface area contributed by atoms with Crippen LogP contribution >= 0.6 is 27.7 Å². The maximum Gasteiger partial charge on any atom is 0.145 e. The fraction of sp³-hybridized carbons (Fsp3) is 0.538. The first-order valence-corrected chi connectivity index (χ1v) is 8.07. The minimum Gasteiger partial charge on any atom is -0.310 e. The lowest BCUT2D eigenvalue weighted by Gasteiger charge is -2.26. The van der Waals surface area contributed by atoms with Crippen molar-refractivity contribution in [2.75, 3.05) is 18.6 Å². The lowest BCUT2D eigenvalue weighted by atomic mass is 9.95. The van der Waals surface area contributed by atoms with Gasteiger partial charge in [-0.05, 0) is 52.5 Å². The van der Waals surface area contributed by atoms with Gasteiger partial charge in [-0.25, -0.2) is 8.78 Å². The molecule has 0 aliphatic heterocycles. The number of rotatable bonds is 6.